The zero-order valence-corrected chi connectivity index (χ0v) is 17.6. The van der Waals surface area contributed by atoms with Crippen molar-refractivity contribution in [2.24, 2.45) is 0 Å². The first kappa shape index (κ1) is 19.8. The molecule has 5 nitrogen and oxygen atoms in total. The number of fused-ring (bicyclic) bond motifs is 1. The van der Waals surface area contributed by atoms with Crippen LogP contribution in [0, 0.1) is 11.3 Å². The van der Waals surface area contributed by atoms with E-state index in [1.54, 1.807) is 35.6 Å². The third-order valence-corrected chi connectivity index (χ3v) is 6.89. The number of thiazole rings is 1. The number of likely N-dealkylation sites (tertiary alicyclic amines) is 1. The standard InChI is InChI=1S/C22H21ClN4OS/c1-14(21(28)25-18-5-2-15(13-24)3-6-18)27-10-8-16(9-11-27)22-26-19-12-17(23)4-7-20(19)29-22/h2-7,12,14,16H,8-11H2,1H3,(H,25,28). The van der Waals surface area contributed by atoms with E-state index in [-0.39, 0.29) is 11.9 Å². The number of nitrogens with zero attached hydrogens (tertiary/aromatic N) is 3. The molecule has 4 rings (SSSR count). The van der Waals surface area contributed by atoms with Gasteiger partial charge in [-0.15, -0.1) is 11.3 Å². The molecule has 0 radical (unpaired) electrons. The third kappa shape index (κ3) is 4.43. The fourth-order valence-corrected chi connectivity index (χ4v) is 4.95. The number of anilines is 1. The van der Waals surface area contributed by atoms with Gasteiger partial charge in [-0.1, -0.05) is 11.6 Å². The second-order valence-corrected chi connectivity index (χ2v) is 8.83. The fourth-order valence-electron chi connectivity index (χ4n) is 3.67. The van der Waals surface area contributed by atoms with Crippen LogP contribution in [0.1, 0.15) is 36.3 Å². The van der Waals surface area contributed by atoms with E-state index in [0.29, 0.717) is 22.2 Å². The van der Waals surface area contributed by atoms with Crippen LogP contribution < -0.4 is 5.32 Å². The summed E-state index contributed by atoms with van der Waals surface area (Å²) in [5.41, 5.74) is 2.26. The number of carbonyl (C=O) groups excluding carboxylic acids is 1. The van der Waals surface area contributed by atoms with Gasteiger partial charge in [-0.3, -0.25) is 9.69 Å². The SMILES string of the molecule is CC(C(=O)Nc1ccc(C#N)cc1)N1CCC(c2nc3cc(Cl)ccc3s2)CC1. The Labute approximate surface area is 178 Å². The summed E-state index contributed by atoms with van der Waals surface area (Å²) in [6.07, 6.45) is 1.98. The quantitative estimate of drug-likeness (QED) is 0.637. The maximum Gasteiger partial charge on any atom is 0.241 e. The maximum atomic E-state index is 12.6. The van der Waals surface area contributed by atoms with Gasteiger partial charge in [0.2, 0.25) is 5.91 Å². The van der Waals surface area contributed by atoms with Crippen LogP contribution >= 0.6 is 22.9 Å². The molecule has 0 spiro atoms. The molecule has 1 atom stereocenters. The zero-order valence-electron chi connectivity index (χ0n) is 16.1. The number of hydrogen-bond donors (Lipinski definition) is 1. The van der Waals surface area contributed by atoms with Gasteiger partial charge in [0, 0.05) is 16.6 Å². The highest BCUT2D eigenvalue weighted by molar-refractivity contribution is 7.18. The van der Waals surface area contributed by atoms with Gasteiger partial charge >= 0.3 is 0 Å². The molecule has 0 bridgehead atoms. The molecule has 1 aromatic heterocycles. The summed E-state index contributed by atoms with van der Waals surface area (Å²) < 4.78 is 1.17. The van der Waals surface area contributed by atoms with E-state index in [1.165, 1.54) is 4.70 Å². The Hall–Kier alpha value is -2.46. The number of benzene rings is 2. The second-order valence-electron chi connectivity index (χ2n) is 7.33. The number of amides is 1. The molecule has 1 aliphatic heterocycles. The number of nitrogens with one attached hydrogen (secondary N) is 1. The van der Waals surface area contributed by atoms with Gasteiger partial charge in [0.1, 0.15) is 0 Å². The van der Waals surface area contributed by atoms with E-state index in [1.807, 2.05) is 25.1 Å². The average Bonchev–Trinajstić information content (AvgIpc) is 3.17. The van der Waals surface area contributed by atoms with Crippen molar-refractivity contribution in [3.8, 4) is 6.07 Å². The van der Waals surface area contributed by atoms with Gasteiger partial charge in [0.15, 0.2) is 0 Å². The van der Waals surface area contributed by atoms with E-state index in [4.69, 9.17) is 21.8 Å². The van der Waals surface area contributed by atoms with Crippen molar-refractivity contribution in [1.82, 2.24) is 9.88 Å². The lowest BCUT2D eigenvalue weighted by Gasteiger charge is -2.34. The van der Waals surface area contributed by atoms with Crippen LogP contribution in [0.4, 0.5) is 5.69 Å². The molecule has 7 heteroatoms. The van der Waals surface area contributed by atoms with Crippen LogP contribution in [0.15, 0.2) is 42.5 Å². The lowest BCUT2D eigenvalue weighted by atomic mass is 9.96. The first-order valence-electron chi connectivity index (χ1n) is 9.64. The smallest absolute Gasteiger partial charge is 0.241 e. The number of nitriles is 1. The summed E-state index contributed by atoms with van der Waals surface area (Å²) in [7, 11) is 0. The summed E-state index contributed by atoms with van der Waals surface area (Å²) in [6.45, 7) is 3.67. The minimum atomic E-state index is -0.208. The molecular weight excluding hydrogens is 404 g/mol. The summed E-state index contributed by atoms with van der Waals surface area (Å²) in [5, 5.41) is 13.7. The number of carbonyl (C=O) groups is 1. The first-order chi connectivity index (χ1) is 14.0. The van der Waals surface area contributed by atoms with Crippen molar-refractivity contribution in [2.75, 3.05) is 18.4 Å². The predicted octanol–water partition coefficient (Wildman–Crippen LogP) is 5.03. The Morgan fingerprint density at radius 3 is 2.69 bits per heavy atom. The van der Waals surface area contributed by atoms with Crippen molar-refractivity contribution in [1.29, 1.82) is 5.26 Å². The molecule has 2 aromatic carbocycles. The molecule has 0 saturated carbocycles. The number of aromatic nitrogens is 1. The Morgan fingerprint density at radius 2 is 2.00 bits per heavy atom. The number of piperidine rings is 1. The van der Waals surface area contributed by atoms with Crippen molar-refractivity contribution >= 4 is 44.7 Å². The Balaban J connectivity index is 1.35. The highest BCUT2D eigenvalue weighted by atomic mass is 35.5. The highest BCUT2D eigenvalue weighted by Crippen LogP contribution is 2.35. The van der Waals surface area contributed by atoms with Crippen molar-refractivity contribution in [3.63, 3.8) is 0 Å². The number of hydrogen-bond acceptors (Lipinski definition) is 5. The Kier molecular flexibility index (Phi) is 5.81. The van der Waals surface area contributed by atoms with E-state index < -0.39 is 0 Å². The molecule has 3 aromatic rings. The molecule has 0 aliphatic carbocycles. The molecule has 148 valence electrons. The molecule has 1 N–H and O–H groups in total. The monoisotopic (exact) mass is 424 g/mol. The van der Waals surface area contributed by atoms with Gasteiger partial charge in [0.05, 0.1) is 32.9 Å². The van der Waals surface area contributed by atoms with Crippen molar-refractivity contribution in [3.05, 3.63) is 58.1 Å². The molecule has 2 heterocycles. The summed E-state index contributed by atoms with van der Waals surface area (Å²) in [5.74, 6) is 0.402. The van der Waals surface area contributed by atoms with E-state index >= 15 is 0 Å². The van der Waals surface area contributed by atoms with Gasteiger partial charge in [-0.05, 0) is 75.3 Å². The molecule has 1 fully saturated rings. The normalized spacial score (nSPS) is 16.4. The van der Waals surface area contributed by atoms with Gasteiger partial charge < -0.3 is 5.32 Å². The molecule has 1 aliphatic rings. The molecule has 1 amide bonds. The van der Waals surface area contributed by atoms with Crippen LogP contribution in [-0.4, -0.2) is 34.9 Å². The van der Waals surface area contributed by atoms with Crippen LogP contribution in [0.3, 0.4) is 0 Å². The number of halogens is 1. The van der Waals surface area contributed by atoms with E-state index in [0.717, 1.165) is 36.5 Å². The summed E-state index contributed by atoms with van der Waals surface area (Å²) in [4.78, 5) is 19.6. The molecule has 29 heavy (non-hydrogen) atoms. The molecule has 1 unspecified atom stereocenters. The maximum absolute atomic E-state index is 12.6. The second kappa shape index (κ2) is 8.50. The third-order valence-electron chi connectivity index (χ3n) is 5.45. The lowest BCUT2D eigenvalue weighted by Crippen LogP contribution is -2.45. The topological polar surface area (TPSA) is 69.0 Å². The van der Waals surface area contributed by atoms with Gasteiger partial charge in [0.25, 0.3) is 0 Å². The summed E-state index contributed by atoms with van der Waals surface area (Å²) >= 11 is 7.82. The van der Waals surface area contributed by atoms with Crippen molar-refractivity contribution in [2.45, 2.75) is 31.7 Å². The average molecular weight is 425 g/mol. The fraction of sp³-hybridized carbons (Fsp3) is 0.318. The highest BCUT2D eigenvalue weighted by Gasteiger charge is 2.28. The van der Waals surface area contributed by atoms with Gasteiger partial charge in [-0.25, -0.2) is 4.98 Å². The van der Waals surface area contributed by atoms with Crippen LogP contribution in [0.25, 0.3) is 10.2 Å². The largest absolute Gasteiger partial charge is 0.325 e. The summed E-state index contributed by atoms with van der Waals surface area (Å²) in [6, 6.07) is 14.7. The lowest BCUT2D eigenvalue weighted by molar-refractivity contribution is -0.121. The minimum Gasteiger partial charge on any atom is -0.325 e. The van der Waals surface area contributed by atoms with Gasteiger partial charge in [-0.2, -0.15) is 5.26 Å². The molecule has 1 saturated heterocycles. The molecular formula is C22H21ClN4OS. The van der Waals surface area contributed by atoms with E-state index in [2.05, 4.69) is 16.3 Å². The van der Waals surface area contributed by atoms with Crippen LogP contribution in [0.2, 0.25) is 5.02 Å². The zero-order chi connectivity index (χ0) is 20.4. The Bertz CT molecular complexity index is 1060. The Morgan fingerprint density at radius 1 is 1.28 bits per heavy atom. The minimum absolute atomic E-state index is 0.0252. The predicted molar refractivity (Wildman–Crippen MR) is 117 cm³/mol. The van der Waals surface area contributed by atoms with Crippen molar-refractivity contribution < 1.29 is 4.79 Å². The first-order valence-corrected chi connectivity index (χ1v) is 10.8. The van der Waals surface area contributed by atoms with Crippen LogP contribution in [-0.2, 0) is 4.79 Å². The number of rotatable bonds is 4. The van der Waals surface area contributed by atoms with E-state index in [9.17, 15) is 4.79 Å². The van der Waals surface area contributed by atoms with Crippen LogP contribution in [0.5, 0.6) is 0 Å².